The lowest BCUT2D eigenvalue weighted by Crippen LogP contribution is -2.52. The Labute approximate surface area is 115 Å². The first-order valence-electron chi connectivity index (χ1n) is 6.76. The molecule has 1 rings (SSSR count). The van der Waals surface area contributed by atoms with E-state index in [1.807, 2.05) is 20.8 Å². The van der Waals surface area contributed by atoms with Crippen LogP contribution < -0.4 is 5.32 Å². The van der Waals surface area contributed by atoms with Gasteiger partial charge in [0, 0.05) is 18.9 Å². The number of aliphatic carboxylic acids is 1. The molecule has 0 aromatic heterocycles. The van der Waals surface area contributed by atoms with E-state index in [2.05, 4.69) is 11.2 Å². The van der Waals surface area contributed by atoms with Crippen LogP contribution in [-0.4, -0.2) is 23.0 Å². The van der Waals surface area contributed by atoms with Crippen LogP contribution in [0, 0.1) is 29.6 Å². The zero-order valence-electron chi connectivity index (χ0n) is 11.9. The number of amides is 1. The zero-order chi connectivity index (χ0) is 14.6. The Balaban J connectivity index is 2.68. The second kappa shape index (κ2) is 6.10. The summed E-state index contributed by atoms with van der Waals surface area (Å²) in [5.74, 6) is 1.44. The smallest absolute Gasteiger partial charge is 0.307 e. The van der Waals surface area contributed by atoms with Crippen LogP contribution in [0.4, 0.5) is 0 Å². The van der Waals surface area contributed by atoms with E-state index in [1.54, 1.807) is 0 Å². The Kier molecular flexibility index (Phi) is 4.99. The summed E-state index contributed by atoms with van der Waals surface area (Å²) in [6.45, 7) is 5.95. The second-order valence-corrected chi connectivity index (χ2v) is 5.96. The van der Waals surface area contributed by atoms with Gasteiger partial charge in [0.05, 0.1) is 5.92 Å². The van der Waals surface area contributed by atoms with Crippen molar-refractivity contribution in [2.45, 2.75) is 52.5 Å². The number of hydrogen-bond acceptors (Lipinski definition) is 2. The number of carboxylic acids is 1. The third kappa shape index (κ3) is 3.50. The standard InChI is InChI=1S/C15H23NO3/c1-5-6-7-13(17)16-12-9-8-11(14(18)19)15(3,4)10(12)2/h1,10-12H,6-9H2,2-4H3,(H,16,17)(H,18,19). The normalized spacial score (nSPS) is 29.3. The van der Waals surface area contributed by atoms with Gasteiger partial charge in [-0.05, 0) is 24.2 Å². The third-order valence-electron chi connectivity index (χ3n) is 4.58. The van der Waals surface area contributed by atoms with Crippen molar-refractivity contribution in [3.63, 3.8) is 0 Å². The van der Waals surface area contributed by atoms with Crippen LogP contribution in [0.15, 0.2) is 0 Å². The summed E-state index contributed by atoms with van der Waals surface area (Å²) < 4.78 is 0. The fraction of sp³-hybridized carbons (Fsp3) is 0.733. The summed E-state index contributed by atoms with van der Waals surface area (Å²) in [4.78, 5) is 23.0. The van der Waals surface area contributed by atoms with E-state index in [0.29, 0.717) is 25.7 Å². The Morgan fingerprint density at radius 2 is 2.05 bits per heavy atom. The van der Waals surface area contributed by atoms with E-state index in [9.17, 15) is 14.7 Å². The van der Waals surface area contributed by atoms with Crippen molar-refractivity contribution in [3.05, 3.63) is 0 Å². The number of hydrogen-bond donors (Lipinski definition) is 2. The molecule has 0 radical (unpaired) electrons. The lowest BCUT2D eigenvalue weighted by molar-refractivity contribution is -0.150. The van der Waals surface area contributed by atoms with Crippen LogP contribution in [0.3, 0.4) is 0 Å². The number of rotatable bonds is 4. The highest BCUT2D eigenvalue weighted by Crippen LogP contribution is 2.45. The molecule has 19 heavy (non-hydrogen) atoms. The number of terminal acetylenes is 1. The minimum atomic E-state index is -0.742. The lowest BCUT2D eigenvalue weighted by atomic mass is 9.61. The van der Waals surface area contributed by atoms with E-state index in [4.69, 9.17) is 6.42 Å². The molecule has 0 saturated heterocycles. The highest BCUT2D eigenvalue weighted by molar-refractivity contribution is 5.76. The predicted molar refractivity (Wildman–Crippen MR) is 73.3 cm³/mol. The van der Waals surface area contributed by atoms with Gasteiger partial charge in [-0.25, -0.2) is 0 Å². The molecule has 1 fully saturated rings. The number of carbonyl (C=O) groups excluding carboxylic acids is 1. The first kappa shape index (κ1) is 15.6. The van der Waals surface area contributed by atoms with Crippen LogP contribution in [0.25, 0.3) is 0 Å². The van der Waals surface area contributed by atoms with E-state index in [1.165, 1.54) is 0 Å². The van der Waals surface area contributed by atoms with Gasteiger partial charge in [0.25, 0.3) is 0 Å². The van der Waals surface area contributed by atoms with Gasteiger partial charge in [-0.1, -0.05) is 20.8 Å². The molecule has 106 valence electrons. The lowest BCUT2D eigenvalue weighted by Gasteiger charge is -2.46. The van der Waals surface area contributed by atoms with Crippen LogP contribution in [-0.2, 0) is 9.59 Å². The van der Waals surface area contributed by atoms with Crippen molar-refractivity contribution >= 4 is 11.9 Å². The van der Waals surface area contributed by atoms with E-state index in [-0.39, 0.29) is 29.2 Å². The topological polar surface area (TPSA) is 66.4 Å². The average molecular weight is 265 g/mol. The first-order chi connectivity index (χ1) is 8.80. The van der Waals surface area contributed by atoms with Crippen LogP contribution in [0.1, 0.15) is 46.5 Å². The van der Waals surface area contributed by atoms with Gasteiger partial charge in [0.15, 0.2) is 0 Å². The Bertz CT molecular complexity index is 395. The van der Waals surface area contributed by atoms with E-state index in [0.717, 1.165) is 0 Å². The molecule has 1 saturated carbocycles. The molecule has 0 aliphatic heterocycles. The van der Waals surface area contributed by atoms with Gasteiger partial charge in [0.1, 0.15) is 0 Å². The molecule has 0 aromatic carbocycles. The van der Waals surface area contributed by atoms with Gasteiger partial charge >= 0.3 is 5.97 Å². The molecule has 3 atom stereocenters. The highest BCUT2D eigenvalue weighted by atomic mass is 16.4. The van der Waals surface area contributed by atoms with Gasteiger partial charge < -0.3 is 10.4 Å². The molecular formula is C15H23NO3. The molecular weight excluding hydrogens is 242 g/mol. The summed E-state index contributed by atoms with van der Waals surface area (Å²) >= 11 is 0. The van der Waals surface area contributed by atoms with Crippen LogP contribution >= 0.6 is 0 Å². The average Bonchev–Trinajstić information content (AvgIpc) is 2.32. The maximum Gasteiger partial charge on any atom is 0.307 e. The molecule has 3 unspecified atom stereocenters. The summed E-state index contributed by atoms with van der Waals surface area (Å²) in [6, 6.07) is 0.0378. The maximum absolute atomic E-state index is 11.7. The van der Waals surface area contributed by atoms with Crippen molar-refractivity contribution in [1.82, 2.24) is 5.32 Å². The first-order valence-corrected chi connectivity index (χ1v) is 6.76. The molecule has 1 aliphatic rings. The summed E-state index contributed by atoms with van der Waals surface area (Å²) in [6.07, 6.45) is 7.23. The Morgan fingerprint density at radius 1 is 1.42 bits per heavy atom. The monoisotopic (exact) mass is 265 g/mol. The van der Waals surface area contributed by atoms with E-state index < -0.39 is 5.97 Å². The molecule has 1 aliphatic carbocycles. The van der Waals surface area contributed by atoms with Crippen LogP contribution in [0.5, 0.6) is 0 Å². The fourth-order valence-corrected chi connectivity index (χ4v) is 2.91. The van der Waals surface area contributed by atoms with Gasteiger partial charge in [-0.15, -0.1) is 12.3 Å². The number of nitrogens with one attached hydrogen (secondary N) is 1. The zero-order valence-corrected chi connectivity index (χ0v) is 11.9. The van der Waals surface area contributed by atoms with Gasteiger partial charge in [0.2, 0.25) is 5.91 Å². The fourth-order valence-electron chi connectivity index (χ4n) is 2.91. The maximum atomic E-state index is 11.7. The minimum absolute atomic E-state index is 0.0378. The van der Waals surface area contributed by atoms with Crippen molar-refractivity contribution in [3.8, 4) is 12.3 Å². The Hall–Kier alpha value is -1.50. The molecule has 0 aromatic rings. The van der Waals surface area contributed by atoms with Gasteiger partial charge in [-0.2, -0.15) is 0 Å². The summed E-state index contributed by atoms with van der Waals surface area (Å²) in [7, 11) is 0. The molecule has 0 spiro atoms. The van der Waals surface area contributed by atoms with Crippen molar-refractivity contribution < 1.29 is 14.7 Å². The third-order valence-corrected chi connectivity index (χ3v) is 4.58. The SMILES string of the molecule is C#CCCC(=O)NC1CCC(C(=O)O)C(C)(C)C1C. The quantitative estimate of drug-likeness (QED) is 0.764. The number of carboxylic acid groups (broad SMARTS) is 1. The highest BCUT2D eigenvalue weighted by Gasteiger charge is 2.46. The number of carbonyl (C=O) groups is 2. The summed E-state index contributed by atoms with van der Waals surface area (Å²) in [5.41, 5.74) is -0.325. The molecule has 2 N–H and O–H groups in total. The second-order valence-electron chi connectivity index (χ2n) is 5.96. The van der Waals surface area contributed by atoms with Crippen molar-refractivity contribution in [2.75, 3.05) is 0 Å². The van der Waals surface area contributed by atoms with Gasteiger partial charge in [-0.3, -0.25) is 9.59 Å². The predicted octanol–water partition coefficient (Wildman–Crippen LogP) is 2.04. The van der Waals surface area contributed by atoms with Crippen molar-refractivity contribution in [2.24, 2.45) is 17.3 Å². The Morgan fingerprint density at radius 3 is 2.58 bits per heavy atom. The van der Waals surface area contributed by atoms with Crippen LogP contribution in [0.2, 0.25) is 0 Å². The minimum Gasteiger partial charge on any atom is -0.481 e. The molecule has 0 bridgehead atoms. The molecule has 0 heterocycles. The largest absolute Gasteiger partial charge is 0.481 e. The molecule has 4 heteroatoms. The van der Waals surface area contributed by atoms with E-state index >= 15 is 0 Å². The van der Waals surface area contributed by atoms with Crippen molar-refractivity contribution in [1.29, 1.82) is 0 Å². The molecule has 4 nitrogen and oxygen atoms in total. The summed E-state index contributed by atoms with van der Waals surface area (Å²) in [5, 5.41) is 12.3. The molecule has 1 amide bonds.